The normalized spacial score (nSPS) is 19.7. The fourth-order valence-corrected chi connectivity index (χ4v) is 3.99. The maximum atomic E-state index is 14.5. The predicted octanol–water partition coefficient (Wildman–Crippen LogP) is 6.74. The molecular weight excluding hydrogens is 283 g/mol. The number of rotatable bonds is 3. The van der Waals surface area contributed by atoms with Crippen molar-refractivity contribution in [3.8, 4) is 11.1 Å². The van der Waals surface area contributed by atoms with Gasteiger partial charge in [-0.2, -0.15) is 0 Å². The minimum absolute atomic E-state index is 0.140. The van der Waals surface area contributed by atoms with E-state index >= 15 is 0 Å². The summed E-state index contributed by atoms with van der Waals surface area (Å²) in [7, 11) is 0. The third-order valence-electron chi connectivity index (χ3n) is 5.36. The molecular formula is C22H25F. The molecule has 2 aromatic rings. The molecule has 0 spiro atoms. The fourth-order valence-electron chi connectivity index (χ4n) is 3.99. The monoisotopic (exact) mass is 308 g/mol. The molecule has 1 atom stereocenters. The van der Waals surface area contributed by atoms with Gasteiger partial charge in [0.15, 0.2) is 0 Å². The van der Waals surface area contributed by atoms with Crippen LogP contribution in [-0.4, -0.2) is 0 Å². The number of benzene rings is 2. The molecule has 1 aliphatic rings. The zero-order valence-corrected chi connectivity index (χ0v) is 14.3. The van der Waals surface area contributed by atoms with Gasteiger partial charge in [-0.1, -0.05) is 62.8 Å². The molecule has 0 aromatic heterocycles. The summed E-state index contributed by atoms with van der Waals surface area (Å²) in [5, 5.41) is 0. The van der Waals surface area contributed by atoms with Crippen molar-refractivity contribution in [3.63, 3.8) is 0 Å². The molecule has 1 fully saturated rings. The average Bonchev–Trinajstić information content (AvgIpc) is 2.88. The van der Waals surface area contributed by atoms with E-state index in [1.54, 1.807) is 6.07 Å². The lowest BCUT2D eigenvalue weighted by atomic mass is 9.75. The van der Waals surface area contributed by atoms with Crippen LogP contribution in [0, 0.1) is 18.2 Å². The molecule has 23 heavy (non-hydrogen) atoms. The van der Waals surface area contributed by atoms with Crippen molar-refractivity contribution < 1.29 is 4.39 Å². The zero-order valence-electron chi connectivity index (χ0n) is 14.3. The van der Waals surface area contributed by atoms with Gasteiger partial charge in [0.05, 0.1) is 0 Å². The number of aryl methyl sites for hydroxylation is 1. The summed E-state index contributed by atoms with van der Waals surface area (Å²) in [4.78, 5) is 0. The van der Waals surface area contributed by atoms with E-state index in [0.29, 0.717) is 5.92 Å². The third kappa shape index (κ3) is 2.97. The van der Waals surface area contributed by atoms with E-state index in [4.69, 9.17) is 0 Å². The van der Waals surface area contributed by atoms with Crippen molar-refractivity contribution in [1.82, 2.24) is 0 Å². The fraction of sp³-hybridized carbons (Fsp3) is 0.364. The van der Waals surface area contributed by atoms with Crippen LogP contribution in [0.3, 0.4) is 0 Å². The van der Waals surface area contributed by atoms with Crippen LogP contribution < -0.4 is 0 Å². The Hall–Kier alpha value is -1.89. The Kier molecular flexibility index (Phi) is 4.14. The van der Waals surface area contributed by atoms with Crippen molar-refractivity contribution in [1.29, 1.82) is 0 Å². The molecule has 2 aromatic carbocycles. The lowest BCUT2D eigenvalue weighted by Gasteiger charge is -2.29. The Morgan fingerprint density at radius 3 is 2.57 bits per heavy atom. The highest BCUT2D eigenvalue weighted by molar-refractivity contribution is 5.71. The van der Waals surface area contributed by atoms with Gasteiger partial charge in [-0.15, -0.1) is 0 Å². The van der Waals surface area contributed by atoms with Gasteiger partial charge in [0.1, 0.15) is 5.82 Å². The molecule has 0 amide bonds. The number of hydrogen-bond acceptors (Lipinski definition) is 0. The first-order valence-electron chi connectivity index (χ1n) is 8.45. The number of halogens is 1. The Balaban J connectivity index is 2.21. The van der Waals surface area contributed by atoms with Crippen molar-refractivity contribution in [2.75, 3.05) is 0 Å². The molecule has 0 radical (unpaired) electrons. The van der Waals surface area contributed by atoms with Gasteiger partial charge in [-0.25, -0.2) is 4.39 Å². The van der Waals surface area contributed by atoms with Gasteiger partial charge < -0.3 is 0 Å². The van der Waals surface area contributed by atoms with E-state index in [-0.39, 0.29) is 11.2 Å². The van der Waals surface area contributed by atoms with Gasteiger partial charge in [0.25, 0.3) is 0 Å². The average molecular weight is 308 g/mol. The molecule has 0 heterocycles. The minimum atomic E-state index is -0.140. The lowest BCUT2D eigenvalue weighted by molar-refractivity contribution is 0.333. The Morgan fingerprint density at radius 1 is 1.13 bits per heavy atom. The third-order valence-corrected chi connectivity index (χ3v) is 5.36. The first-order chi connectivity index (χ1) is 10.9. The lowest BCUT2D eigenvalue weighted by Crippen LogP contribution is -2.16. The summed E-state index contributed by atoms with van der Waals surface area (Å²) < 4.78 is 14.5. The zero-order chi connectivity index (χ0) is 16.6. The van der Waals surface area contributed by atoms with Crippen molar-refractivity contribution in [2.24, 2.45) is 5.41 Å². The molecule has 0 aliphatic heterocycles. The summed E-state index contributed by atoms with van der Waals surface area (Å²) in [6.07, 6.45) is 5.52. The Labute approximate surface area is 139 Å². The first kappa shape index (κ1) is 16.0. The summed E-state index contributed by atoms with van der Waals surface area (Å²) in [5.74, 6) is 0.330. The molecule has 0 bridgehead atoms. The van der Waals surface area contributed by atoms with Crippen molar-refractivity contribution in [2.45, 2.75) is 46.0 Å². The van der Waals surface area contributed by atoms with Gasteiger partial charge in [-0.05, 0) is 59.9 Å². The molecule has 1 aliphatic carbocycles. The standard InChI is InChI=1S/C22H25F/c1-5-16-9-10-17(19-13-15(2)8-11-21(19)23)18(14-16)20-7-6-12-22(20,3)4/h5,8-11,13-14,20H,1,6-7,12H2,2-4H3/t20-/m0/s1. The van der Waals surface area contributed by atoms with E-state index in [0.717, 1.165) is 22.3 Å². The molecule has 1 saturated carbocycles. The van der Waals surface area contributed by atoms with Gasteiger partial charge in [-0.3, -0.25) is 0 Å². The summed E-state index contributed by atoms with van der Waals surface area (Å²) in [6, 6.07) is 11.7. The van der Waals surface area contributed by atoms with Crippen LogP contribution in [-0.2, 0) is 0 Å². The highest BCUT2D eigenvalue weighted by atomic mass is 19.1. The molecule has 120 valence electrons. The smallest absolute Gasteiger partial charge is 0.131 e. The summed E-state index contributed by atoms with van der Waals surface area (Å²) in [5.41, 5.74) is 5.49. The molecule has 0 unspecified atom stereocenters. The van der Waals surface area contributed by atoms with Crippen LogP contribution >= 0.6 is 0 Å². The molecule has 1 heteroatoms. The van der Waals surface area contributed by atoms with E-state index in [1.165, 1.54) is 24.8 Å². The maximum absolute atomic E-state index is 14.5. The van der Waals surface area contributed by atoms with Crippen LogP contribution in [0.2, 0.25) is 0 Å². The van der Waals surface area contributed by atoms with Crippen LogP contribution in [0.1, 0.15) is 55.7 Å². The molecule has 0 nitrogen and oxygen atoms in total. The largest absolute Gasteiger partial charge is 0.206 e. The SMILES string of the molecule is C=Cc1ccc(-c2cc(C)ccc2F)c([C@@H]2CCCC2(C)C)c1. The van der Waals surface area contributed by atoms with Crippen LogP contribution in [0.4, 0.5) is 4.39 Å². The maximum Gasteiger partial charge on any atom is 0.131 e. The second-order valence-corrected chi connectivity index (χ2v) is 7.47. The van der Waals surface area contributed by atoms with E-state index in [2.05, 4.69) is 32.6 Å². The van der Waals surface area contributed by atoms with Crippen LogP contribution in [0.25, 0.3) is 17.2 Å². The van der Waals surface area contributed by atoms with E-state index in [1.807, 2.05) is 31.2 Å². The minimum Gasteiger partial charge on any atom is -0.206 e. The highest BCUT2D eigenvalue weighted by Gasteiger charge is 2.36. The van der Waals surface area contributed by atoms with Gasteiger partial charge >= 0.3 is 0 Å². The Morgan fingerprint density at radius 2 is 1.91 bits per heavy atom. The van der Waals surface area contributed by atoms with Gasteiger partial charge in [0, 0.05) is 5.56 Å². The highest BCUT2D eigenvalue weighted by Crippen LogP contribution is 2.51. The first-order valence-corrected chi connectivity index (χ1v) is 8.45. The van der Waals surface area contributed by atoms with E-state index in [9.17, 15) is 4.39 Å². The quantitative estimate of drug-likeness (QED) is 0.589. The summed E-state index contributed by atoms with van der Waals surface area (Å²) in [6.45, 7) is 10.6. The van der Waals surface area contributed by atoms with Gasteiger partial charge in [0.2, 0.25) is 0 Å². The molecule has 0 saturated heterocycles. The Bertz CT molecular complexity index is 740. The second-order valence-electron chi connectivity index (χ2n) is 7.47. The molecule has 0 N–H and O–H groups in total. The van der Waals surface area contributed by atoms with Crippen molar-refractivity contribution >= 4 is 6.08 Å². The van der Waals surface area contributed by atoms with Crippen LogP contribution in [0.5, 0.6) is 0 Å². The molecule has 3 rings (SSSR count). The number of hydrogen-bond donors (Lipinski definition) is 0. The van der Waals surface area contributed by atoms with Crippen LogP contribution in [0.15, 0.2) is 43.0 Å². The van der Waals surface area contributed by atoms with Crippen molar-refractivity contribution in [3.05, 3.63) is 65.5 Å². The van der Waals surface area contributed by atoms with E-state index < -0.39 is 0 Å². The summed E-state index contributed by atoms with van der Waals surface area (Å²) >= 11 is 0. The second kappa shape index (κ2) is 5.96. The topological polar surface area (TPSA) is 0 Å². The predicted molar refractivity (Wildman–Crippen MR) is 97.0 cm³/mol.